The van der Waals surface area contributed by atoms with E-state index in [-0.39, 0.29) is 5.50 Å². The van der Waals surface area contributed by atoms with Crippen LogP contribution in [0.2, 0.25) is 0 Å². The van der Waals surface area contributed by atoms with Gasteiger partial charge in [0.1, 0.15) is 11.5 Å². The smallest absolute Gasteiger partial charge is 0.169 e. The molecule has 1 aliphatic heterocycles. The van der Waals surface area contributed by atoms with E-state index < -0.39 is 0 Å². The molecule has 2 saturated carbocycles. The fourth-order valence-corrected chi connectivity index (χ4v) is 3.74. The summed E-state index contributed by atoms with van der Waals surface area (Å²) in [6, 6.07) is 0.554. The quantitative estimate of drug-likeness (QED) is 0.753. The molecule has 1 aromatic rings. The first-order chi connectivity index (χ1) is 10.3. The predicted octanol–water partition coefficient (Wildman–Crippen LogP) is 2.62. The van der Waals surface area contributed by atoms with Gasteiger partial charge in [-0.15, -0.1) is 12.6 Å². The standard InChI is InChI=1S/C15H23N5S/c1-2-20-14-11(17-12(18-14)9-7-8-9)13(19-15(20)21)16-10-5-3-4-6-10/h9-10,15,21H,2-8H2,1H3,(H,16,19)(H,17,18). The second-order valence-electron chi connectivity index (χ2n) is 6.33. The monoisotopic (exact) mass is 305 g/mol. The average Bonchev–Trinajstić information content (AvgIpc) is 3.02. The Kier molecular flexibility index (Phi) is 3.36. The van der Waals surface area contributed by atoms with Crippen molar-refractivity contribution in [1.82, 2.24) is 15.3 Å². The van der Waals surface area contributed by atoms with Gasteiger partial charge in [-0.05, 0) is 32.6 Å². The summed E-state index contributed by atoms with van der Waals surface area (Å²) in [6.45, 7) is 3.00. The van der Waals surface area contributed by atoms with Crippen LogP contribution in [-0.2, 0) is 0 Å². The molecule has 5 nitrogen and oxygen atoms in total. The zero-order chi connectivity index (χ0) is 14.4. The Bertz CT molecular complexity index is 556. The van der Waals surface area contributed by atoms with E-state index in [0.29, 0.717) is 12.0 Å². The van der Waals surface area contributed by atoms with Crippen molar-refractivity contribution in [2.45, 2.75) is 62.9 Å². The molecule has 0 amide bonds. The number of nitrogens with zero attached hydrogens (tertiary/aromatic N) is 3. The first kappa shape index (κ1) is 13.5. The van der Waals surface area contributed by atoms with Crippen molar-refractivity contribution >= 4 is 24.3 Å². The Morgan fingerprint density at radius 3 is 2.71 bits per heavy atom. The lowest BCUT2D eigenvalue weighted by atomic mass is 10.2. The fourth-order valence-electron chi connectivity index (χ4n) is 3.35. The van der Waals surface area contributed by atoms with E-state index in [9.17, 15) is 0 Å². The normalized spacial score (nSPS) is 25.9. The summed E-state index contributed by atoms with van der Waals surface area (Å²) in [7, 11) is 0. The van der Waals surface area contributed by atoms with Gasteiger partial charge >= 0.3 is 0 Å². The molecule has 114 valence electrons. The van der Waals surface area contributed by atoms with E-state index in [1.807, 2.05) is 0 Å². The van der Waals surface area contributed by atoms with Crippen LogP contribution in [0.1, 0.15) is 62.9 Å². The van der Waals surface area contributed by atoms with Gasteiger partial charge in [-0.2, -0.15) is 0 Å². The number of nitrogens with one attached hydrogen (secondary N) is 2. The number of aromatic amines is 1. The summed E-state index contributed by atoms with van der Waals surface area (Å²) in [6.07, 6.45) is 7.63. The van der Waals surface area contributed by atoms with Crippen LogP contribution in [0.4, 0.5) is 5.82 Å². The molecule has 3 aliphatic rings. The third-order valence-corrected chi connectivity index (χ3v) is 5.13. The first-order valence-electron chi connectivity index (χ1n) is 8.15. The number of hydrogen-bond acceptors (Lipinski definition) is 5. The van der Waals surface area contributed by atoms with E-state index in [4.69, 9.17) is 9.98 Å². The highest BCUT2D eigenvalue weighted by Crippen LogP contribution is 2.40. The highest BCUT2D eigenvalue weighted by Gasteiger charge is 2.34. The van der Waals surface area contributed by atoms with Crippen LogP contribution < -0.4 is 10.2 Å². The lowest BCUT2D eigenvalue weighted by molar-refractivity contribution is 0.623. The van der Waals surface area contributed by atoms with E-state index in [2.05, 4.69) is 34.8 Å². The zero-order valence-electron chi connectivity index (χ0n) is 12.5. The summed E-state index contributed by atoms with van der Waals surface area (Å²) in [5.74, 6) is 3.73. The van der Waals surface area contributed by atoms with Crippen molar-refractivity contribution in [1.29, 1.82) is 0 Å². The van der Waals surface area contributed by atoms with Gasteiger partial charge in [0.15, 0.2) is 17.2 Å². The molecular formula is C15H23N5S. The average molecular weight is 305 g/mol. The van der Waals surface area contributed by atoms with E-state index in [0.717, 1.165) is 29.7 Å². The molecule has 2 aliphatic carbocycles. The van der Waals surface area contributed by atoms with Crippen molar-refractivity contribution < 1.29 is 0 Å². The number of hydrogen-bond donors (Lipinski definition) is 3. The molecule has 1 aromatic heterocycles. The van der Waals surface area contributed by atoms with E-state index in [1.165, 1.54) is 38.5 Å². The van der Waals surface area contributed by atoms with Crippen LogP contribution in [0.15, 0.2) is 4.99 Å². The number of fused-ring (bicyclic) bond motifs is 1. The van der Waals surface area contributed by atoms with Crippen molar-refractivity contribution in [2.75, 3.05) is 11.4 Å². The number of aromatic nitrogens is 2. The second kappa shape index (κ2) is 5.23. The molecule has 2 N–H and O–H groups in total. The fraction of sp³-hybridized carbons (Fsp3) is 0.733. The van der Waals surface area contributed by atoms with Crippen molar-refractivity contribution in [3.63, 3.8) is 0 Å². The van der Waals surface area contributed by atoms with Crippen LogP contribution >= 0.6 is 12.6 Å². The van der Waals surface area contributed by atoms with Crippen molar-refractivity contribution in [3.05, 3.63) is 11.5 Å². The van der Waals surface area contributed by atoms with Crippen LogP contribution in [-0.4, -0.2) is 33.9 Å². The van der Waals surface area contributed by atoms with Gasteiger partial charge in [-0.3, -0.25) is 0 Å². The highest BCUT2D eigenvalue weighted by atomic mass is 32.1. The largest absolute Gasteiger partial charge is 0.366 e. The Labute approximate surface area is 131 Å². The molecule has 1 atom stereocenters. The minimum absolute atomic E-state index is 0.137. The SMILES string of the molecule is CCN1c2nc(C3CC3)[nH]c2C(NC2CCCC2)=NC1S. The molecule has 0 bridgehead atoms. The number of thiol groups is 1. The van der Waals surface area contributed by atoms with E-state index in [1.54, 1.807) is 0 Å². The van der Waals surface area contributed by atoms with Crippen LogP contribution in [0.5, 0.6) is 0 Å². The van der Waals surface area contributed by atoms with Crippen molar-refractivity contribution in [3.8, 4) is 0 Å². The minimum Gasteiger partial charge on any atom is -0.366 e. The predicted molar refractivity (Wildman–Crippen MR) is 88.3 cm³/mol. The molecule has 2 heterocycles. The molecule has 6 heteroatoms. The first-order valence-corrected chi connectivity index (χ1v) is 8.67. The summed E-state index contributed by atoms with van der Waals surface area (Å²) < 4.78 is 0. The van der Waals surface area contributed by atoms with Crippen LogP contribution in [0.25, 0.3) is 0 Å². The van der Waals surface area contributed by atoms with Gasteiger partial charge in [-0.1, -0.05) is 12.8 Å². The van der Waals surface area contributed by atoms with Gasteiger partial charge < -0.3 is 15.2 Å². The molecular weight excluding hydrogens is 282 g/mol. The number of anilines is 1. The van der Waals surface area contributed by atoms with Gasteiger partial charge in [0.2, 0.25) is 0 Å². The third kappa shape index (κ3) is 2.43. The number of rotatable bonds is 3. The molecule has 0 radical (unpaired) electrons. The maximum absolute atomic E-state index is 4.84. The Balaban J connectivity index is 1.66. The molecule has 21 heavy (non-hydrogen) atoms. The van der Waals surface area contributed by atoms with Gasteiger partial charge in [0.05, 0.1) is 0 Å². The molecule has 0 aromatic carbocycles. The molecule has 2 fully saturated rings. The molecule has 4 rings (SSSR count). The molecule has 1 unspecified atom stereocenters. The lowest BCUT2D eigenvalue weighted by Crippen LogP contribution is -2.42. The Hall–Kier alpha value is -1.17. The van der Waals surface area contributed by atoms with E-state index >= 15 is 0 Å². The second-order valence-corrected chi connectivity index (χ2v) is 6.79. The lowest BCUT2D eigenvalue weighted by Gasteiger charge is -2.31. The van der Waals surface area contributed by atoms with Crippen LogP contribution in [0.3, 0.4) is 0 Å². The summed E-state index contributed by atoms with van der Waals surface area (Å²) in [5.41, 5.74) is 0.928. The van der Waals surface area contributed by atoms with Gasteiger partial charge in [-0.25, -0.2) is 9.98 Å². The number of imidazole rings is 1. The maximum Gasteiger partial charge on any atom is 0.169 e. The van der Waals surface area contributed by atoms with Gasteiger partial charge in [0, 0.05) is 18.5 Å². The minimum atomic E-state index is -0.137. The Morgan fingerprint density at radius 1 is 1.29 bits per heavy atom. The summed E-state index contributed by atoms with van der Waals surface area (Å²) in [4.78, 5) is 15.3. The number of aliphatic imine (C=N–C) groups is 1. The molecule has 0 saturated heterocycles. The maximum atomic E-state index is 4.84. The van der Waals surface area contributed by atoms with Crippen LogP contribution in [0, 0.1) is 0 Å². The highest BCUT2D eigenvalue weighted by molar-refractivity contribution is 7.81. The third-order valence-electron chi connectivity index (χ3n) is 4.74. The van der Waals surface area contributed by atoms with Crippen molar-refractivity contribution in [2.24, 2.45) is 4.99 Å². The zero-order valence-corrected chi connectivity index (χ0v) is 13.4. The Morgan fingerprint density at radius 2 is 2.05 bits per heavy atom. The number of amidine groups is 1. The molecule has 0 spiro atoms. The topological polar surface area (TPSA) is 56.3 Å². The summed E-state index contributed by atoms with van der Waals surface area (Å²) >= 11 is 4.64. The summed E-state index contributed by atoms with van der Waals surface area (Å²) in [5, 5.41) is 3.62. The number of H-pyrrole nitrogens is 1. The van der Waals surface area contributed by atoms with Gasteiger partial charge in [0.25, 0.3) is 0 Å².